The molecule has 0 aliphatic carbocycles. The van der Waals surface area contributed by atoms with Gasteiger partial charge < -0.3 is 9.42 Å². The number of allylic oxidation sites excluding steroid dienone is 2. The number of aromatic amines is 1. The third kappa shape index (κ3) is 2.88. The first-order chi connectivity index (χ1) is 11.8. The topological polar surface area (TPSA) is 44.5 Å². The molecule has 1 aliphatic rings. The molecule has 1 aromatic heterocycles. The summed E-state index contributed by atoms with van der Waals surface area (Å²) in [6.07, 6.45) is 6.04. The van der Waals surface area contributed by atoms with Crippen molar-refractivity contribution >= 4 is 11.0 Å². The van der Waals surface area contributed by atoms with Crippen LogP contribution in [0.2, 0.25) is 0 Å². The van der Waals surface area contributed by atoms with E-state index in [0.29, 0.717) is 11.1 Å². The second-order valence-electron chi connectivity index (χ2n) is 5.62. The Kier molecular flexibility index (Phi) is 3.75. The summed E-state index contributed by atoms with van der Waals surface area (Å²) in [6.45, 7) is 1.56. The van der Waals surface area contributed by atoms with Crippen molar-refractivity contribution in [1.29, 1.82) is 0 Å². The lowest BCUT2D eigenvalue weighted by molar-refractivity contribution is 0.361. The van der Waals surface area contributed by atoms with Crippen LogP contribution in [0.4, 0.5) is 4.39 Å². The Morgan fingerprint density at radius 1 is 1.17 bits per heavy atom. The molecule has 1 aliphatic heterocycles. The van der Waals surface area contributed by atoms with Gasteiger partial charge in [-0.25, -0.2) is 14.5 Å². The van der Waals surface area contributed by atoms with Crippen LogP contribution in [-0.4, -0.2) is 16.6 Å². The van der Waals surface area contributed by atoms with Crippen LogP contribution in [0.15, 0.2) is 82.1 Å². The fourth-order valence-electron chi connectivity index (χ4n) is 2.73. The lowest BCUT2D eigenvalue weighted by Gasteiger charge is -2.25. The number of benzene rings is 2. The largest absolute Gasteiger partial charge is 0.380 e. The molecule has 1 N–H and O–H groups in total. The molecule has 4 nitrogen and oxygen atoms in total. The maximum atomic E-state index is 13.3. The normalized spacial score (nSPS) is 15.1. The second-order valence-corrected chi connectivity index (χ2v) is 5.62. The Hall–Kier alpha value is -3.08. The number of nitrogens with zero attached hydrogens (tertiary/aromatic N) is 2. The van der Waals surface area contributed by atoms with Gasteiger partial charge in [0.05, 0.1) is 5.39 Å². The minimum absolute atomic E-state index is 0.331. The van der Waals surface area contributed by atoms with Crippen LogP contribution in [0.1, 0.15) is 5.56 Å². The minimum Gasteiger partial charge on any atom is -0.380 e. The van der Waals surface area contributed by atoms with Gasteiger partial charge in [0, 0.05) is 19.2 Å². The molecule has 24 heavy (non-hydrogen) atoms. The highest BCUT2D eigenvalue weighted by atomic mass is 19.1. The summed E-state index contributed by atoms with van der Waals surface area (Å²) >= 11 is 0. The summed E-state index contributed by atoms with van der Waals surface area (Å²) < 4.78 is 18.6. The van der Waals surface area contributed by atoms with Gasteiger partial charge in [0.15, 0.2) is 11.1 Å². The number of hydrogen-bond acceptors (Lipinski definition) is 3. The summed E-state index contributed by atoms with van der Waals surface area (Å²) in [5, 5.41) is 3.53. The van der Waals surface area contributed by atoms with Crippen molar-refractivity contribution in [1.82, 2.24) is 10.1 Å². The molecule has 5 heteroatoms. The molecule has 4 rings (SSSR count). The molecule has 0 bridgehead atoms. The van der Waals surface area contributed by atoms with Gasteiger partial charge in [0.1, 0.15) is 11.6 Å². The lowest BCUT2D eigenvalue weighted by Crippen LogP contribution is -2.25. The zero-order valence-corrected chi connectivity index (χ0v) is 12.9. The number of nitrogens with one attached hydrogen (secondary N) is 1. The number of aromatic nitrogens is 1. The average molecular weight is 321 g/mol. The van der Waals surface area contributed by atoms with E-state index in [1.807, 2.05) is 30.4 Å². The predicted molar refractivity (Wildman–Crippen MR) is 90.2 cm³/mol. The molecule has 0 radical (unpaired) electrons. The first kappa shape index (κ1) is 14.5. The quantitative estimate of drug-likeness (QED) is 0.799. The predicted octanol–water partition coefficient (Wildman–Crippen LogP) is 3.71. The smallest absolute Gasteiger partial charge is 0.173 e. The van der Waals surface area contributed by atoms with Crippen molar-refractivity contribution < 1.29 is 8.91 Å². The van der Waals surface area contributed by atoms with Gasteiger partial charge in [-0.3, -0.25) is 0 Å². The molecular weight excluding hydrogens is 305 g/mol. The number of halogens is 1. The van der Waals surface area contributed by atoms with Crippen molar-refractivity contribution in [2.75, 3.05) is 6.54 Å². The van der Waals surface area contributed by atoms with Gasteiger partial charge in [-0.1, -0.05) is 42.5 Å². The van der Waals surface area contributed by atoms with Crippen molar-refractivity contribution in [3.05, 3.63) is 89.4 Å². The molecule has 3 aromatic rings. The first-order valence-electron chi connectivity index (χ1n) is 7.77. The van der Waals surface area contributed by atoms with E-state index in [1.165, 1.54) is 17.7 Å². The van der Waals surface area contributed by atoms with Crippen LogP contribution >= 0.6 is 0 Å². The van der Waals surface area contributed by atoms with E-state index in [9.17, 15) is 4.39 Å². The second kappa shape index (κ2) is 6.20. The monoisotopic (exact) mass is 321 g/mol. The van der Waals surface area contributed by atoms with Gasteiger partial charge in [-0.05, 0) is 23.8 Å². The van der Waals surface area contributed by atoms with Crippen molar-refractivity contribution in [2.24, 2.45) is 4.99 Å². The minimum atomic E-state index is -0.331. The number of hydrogen-bond donors (Lipinski definition) is 1. The van der Waals surface area contributed by atoms with Gasteiger partial charge in [-0.15, -0.1) is 0 Å². The van der Waals surface area contributed by atoms with E-state index in [4.69, 9.17) is 4.52 Å². The molecular formula is C19H16FN3O. The van der Waals surface area contributed by atoms with E-state index >= 15 is 0 Å². The number of fused-ring (bicyclic) bond motifs is 1. The molecule has 0 spiro atoms. The van der Waals surface area contributed by atoms with E-state index in [0.717, 1.165) is 24.3 Å². The lowest BCUT2D eigenvalue weighted by atomic mass is 10.2. The van der Waals surface area contributed by atoms with Gasteiger partial charge >= 0.3 is 0 Å². The van der Waals surface area contributed by atoms with Crippen molar-refractivity contribution in [3.63, 3.8) is 0 Å². The fraction of sp³-hybridized carbons (Fsp3) is 0.105. The molecule has 0 saturated carbocycles. The van der Waals surface area contributed by atoms with Crippen LogP contribution in [0, 0.1) is 5.82 Å². The standard InChI is InChI=1S/C19H16FN3O/c20-15-9-10-16-17(12-15)24-22-19(16)21-18-8-4-5-11-23(18)13-14-6-2-1-3-7-14/h1-10,12H,11,13H2,(H,21,22). The maximum Gasteiger partial charge on any atom is 0.173 e. The number of H-pyrrole nitrogens is 1. The van der Waals surface area contributed by atoms with Crippen LogP contribution in [0.5, 0.6) is 0 Å². The van der Waals surface area contributed by atoms with E-state index in [-0.39, 0.29) is 5.82 Å². The maximum absolute atomic E-state index is 13.3. The highest BCUT2D eigenvalue weighted by molar-refractivity contribution is 5.75. The Morgan fingerprint density at radius 3 is 2.92 bits per heavy atom. The van der Waals surface area contributed by atoms with Gasteiger partial charge in [0.25, 0.3) is 0 Å². The zero-order chi connectivity index (χ0) is 16.4. The van der Waals surface area contributed by atoms with Crippen LogP contribution in [-0.2, 0) is 6.54 Å². The average Bonchev–Trinajstić information content (AvgIpc) is 2.99. The van der Waals surface area contributed by atoms with Crippen LogP contribution in [0.3, 0.4) is 0 Å². The van der Waals surface area contributed by atoms with Crippen LogP contribution in [0.25, 0.3) is 11.0 Å². The molecule has 0 unspecified atom stereocenters. The molecule has 0 saturated heterocycles. The Labute approximate surface area is 138 Å². The molecule has 0 atom stereocenters. The zero-order valence-electron chi connectivity index (χ0n) is 12.9. The third-order valence-corrected chi connectivity index (χ3v) is 3.93. The fourth-order valence-corrected chi connectivity index (χ4v) is 2.73. The Bertz CT molecular complexity index is 983. The van der Waals surface area contributed by atoms with Gasteiger partial charge in [-0.2, -0.15) is 0 Å². The summed E-state index contributed by atoms with van der Waals surface area (Å²) in [6, 6.07) is 14.7. The summed E-state index contributed by atoms with van der Waals surface area (Å²) in [4.78, 5) is 6.85. The van der Waals surface area contributed by atoms with Crippen LogP contribution < -0.4 is 5.49 Å². The summed E-state index contributed by atoms with van der Waals surface area (Å²) in [7, 11) is 0. The molecule has 2 aromatic carbocycles. The highest BCUT2D eigenvalue weighted by Crippen LogP contribution is 2.16. The van der Waals surface area contributed by atoms with E-state index in [1.54, 1.807) is 6.07 Å². The summed E-state index contributed by atoms with van der Waals surface area (Å²) in [5.41, 5.74) is 2.26. The molecule has 0 fully saturated rings. The van der Waals surface area contributed by atoms with E-state index in [2.05, 4.69) is 33.3 Å². The first-order valence-corrected chi connectivity index (χ1v) is 7.77. The highest BCUT2D eigenvalue weighted by Gasteiger charge is 2.11. The summed E-state index contributed by atoms with van der Waals surface area (Å²) in [5.74, 6) is 0.506. The van der Waals surface area contributed by atoms with Crippen molar-refractivity contribution in [3.8, 4) is 0 Å². The van der Waals surface area contributed by atoms with Crippen molar-refractivity contribution in [2.45, 2.75) is 6.54 Å². The van der Waals surface area contributed by atoms with E-state index < -0.39 is 0 Å². The number of rotatable bonds is 3. The third-order valence-electron chi connectivity index (χ3n) is 3.93. The van der Waals surface area contributed by atoms with Gasteiger partial charge in [0.2, 0.25) is 0 Å². The molecule has 2 heterocycles. The Morgan fingerprint density at radius 2 is 2.04 bits per heavy atom. The molecule has 120 valence electrons. The molecule has 0 amide bonds. The Balaban J connectivity index is 1.70. The SMILES string of the molecule is Fc1ccc2c(=NC3=CC=CCN3Cc3ccccc3)[nH]oc2c1.